The molecule has 0 bridgehead atoms. The van der Waals surface area contributed by atoms with Crippen LogP contribution in [0.4, 0.5) is 19.1 Å². The van der Waals surface area contributed by atoms with Gasteiger partial charge in [0.15, 0.2) is 0 Å². The number of carbonyl (C=O) groups excluding carboxylic acids is 1. The molecule has 0 unspecified atom stereocenters. The van der Waals surface area contributed by atoms with E-state index in [1.54, 1.807) is 12.1 Å². The Balaban J connectivity index is 1.65. The minimum absolute atomic E-state index is 0.163. The summed E-state index contributed by atoms with van der Waals surface area (Å²) in [6, 6.07) is 6.98. The molecule has 1 saturated carbocycles. The van der Waals surface area contributed by atoms with Crippen LogP contribution in [0.2, 0.25) is 0 Å². The molecule has 0 saturated heterocycles. The van der Waals surface area contributed by atoms with E-state index in [9.17, 15) is 18.0 Å². The Hall–Kier alpha value is -2.64. The molecule has 1 aromatic heterocycles. The highest BCUT2D eigenvalue weighted by Gasteiger charge is 2.47. The van der Waals surface area contributed by atoms with Crippen LogP contribution in [0.15, 0.2) is 42.7 Å². The molecule has 0 spiro atoms. The Kier molecular flexibility index (Phi) is 3.89. The molecule has 1 aliphatic rings. The number of benzene rings is 1. The zero-order valence-electron chi connectivity index (χ0n) is 11.8. The van der Waals surface area contributed by atoms with Crippen molar-refractivity contribution in [3.8, 4) is 0 Å². The number of halogens is 3. The van der Waals surface area contributed by atoms with Gasteiger partial charge in [-0.3, -0.25) is 15.6 Å². The molecule has 5 nitrogen and oxygen atoms in total. The zero-order valence-corrected chi connectivity index (χ0v) is 11.8. The smallest absolute Gasteiger partial charge is 0.273 e. The molecule has 23 heavy (non-hydrogen) atoms. The summed E-state index contributed by atoms with van der Waals surface area (Å²) >= 11 is 0. The summed E-state index contributed by atoms with van der Waals surface area (Å²) in [5.74, 6) is -1.07. The number of hydrazine groups is 1. The Bertz CT molecular complexity index is 705. The van der Waals surface area contributed by atoms with E-state index in [4.69, 9.17) is 0 Å². The second-order valence-electron chi connectivity index (χ2n) is 5.22. The molecule has 1 heterocycles. The van der Waals surface area contributed by atoms with Crippen molar-refractivity contribution in [2.24, 2.45) is 5.92 Å². The van der Waals surface area contributed by atoms with E-state index < -0.39 is 23.6 Å². The van der Waals surface area contributed by atoms with E-state index in [1.165, 1.54) is 24.5 Å². The summed E-state index contributed by atoms with van der Waals surface area (Å²) in [7, 11) is 0. The summed E-state index contributed by atoms with van der Waals surface area (Å²) in [6.45, 7) is 0. The number of rotatable bonds is 4. The van der Waals surface area contributed by atoms with Crippen molar-refractivity contribution in [3.05, 3.63) is 53.9 Å². The van der Waals surface area contributed by atoms with Crippen molar-refractivity contribution >= 4 is 11.9 Å². The Morgan fingerprint density at radius 2 is 1.83 bits per heavy atom. The van der Waals surface area contributed by atoms with Crippen molar-refractivity contribution in [2.45, 2.75) is 18.5 Å². The standard InChI is InChI=1S/C15H13F3N4O/c16-15(17,18)12-5-2-1-4-9(12)10-8-11(10)13(23)21-22-14-19-6-3-7-20-14/h1-7,10-11H,8H2,(H,21,23)(H,19,20,22)/t10-,11+/m1/s1. The quantitative estimate of drug-likeness (QED) is 0.850. The number of alkyl halides is 3. The Morgan fingerprint density at radius 3 is 2.52 bits per heavy atom. The molecule has 1 fully saturated rings. The van der Waals surface area contributed by atoms with Crippen LogP contribution in [0.25, 0.3) is 0 Å². The number of anilines is 1. The highest BCUT2D eigenvalue weighted by atomic mass is 19.4. The van der Waals surface area contributed by atoms with Crippen molar-refractivity contribution in [1.82, 2.24) is 15.4 Å². The fourth-order valence-electron chi connectivity index (χ4n) is 2.48. The van der Waals surface area contributed by atoms with E-state index in [0.717, 1.165) is 6.07 Å². The molecule has 8 heteroatoms. The summed E-state index contributed by atoms with van der Waals surface area (Å²) in [6.07, 6.45) is -1.03. The predicted octanol–water partition coefficient (Wildman–Crippen LogP) is 2.74. The number of amides is 1. The first-order valence-corrected chi connectivity index (χ1v) is 6.96. The summed E-state index contributed by atoms with van der Waals surface area (Å²) in [4.78, 5) is 19.7. The number of hydrogen-bond donors (Lipinski definition) is 2. The second-order valence-corrected chi connectivity index (χ2v) is 5.22. The van der Waals surface area contributed by atoms with Crippen LogP contribution < -0.4 is 10.9 Å². The first-order chi connectivity index (χ1) is 11.0. The fraction of sp³-hybridized carbons (Fsp3) is 0.267. The average Bonchev–Trinajstić information content (AvgIpc) is 3.33. The molecular weight excluding hydrogens is 309 g/mol. The predicted molar refractivity (Wildman–Crippen MR) is 76.1 cm³/mol. The largest absolute Gasteiger partial charge is 0.416 e. The van der Waals surface area contributed by atoms with E-state index in [0.29, 0.717) is 6.42 Å². The number of aromatic nitrogens is 2. The lowest BCUT2D eigenvalue weighted by atomic mass is 10.0. The van der Waals surface area contributed by atoms with Gasteiger partial charge in [0.25, 0.3) is 0 Å². The van der Waals surface area contributed by atoms with Gasteiger partial charge in [-0.25, -0.2) is 9.97 Å². The highest BCUT2D eigenvalue weighted by Crippen LogP contribution is 2.50. The van der Waals surface area contributed by atoms with Crippen LogP contribution in [0, 0.1) is 5.92 Å². The van der Waals surface area contributed by atoms with E-state index in [-0.39, 0.29) is 17.4 Å². The molecule has 0 radical (unpaired) electrons. The van der Waals surface area contributed by atoms with Crippen molar-refractivity contribution < 1.29 is 18.0 Å². The van der Waals surface area contributed by atoms with Gasteiger partial charge < -0.3 is 0 Å². The van der Waals surface area contributed by atoms with Gasteiger partial charge in [0.2, 0.25) is 11.9 Å². The summed E-state index contributed by atoms with van der Waals surface area (Å²) in [5, 5.41) is 0. The number of hydrogen-bond acceptors (Lipinski definition) is 4. The maximum atomic E-state index is 13.0. The third kappa shape index (κ3) is 3.41. The topological polar surface area (TPSA) is 66.9 Å². The van der Waals surface area contributed by atoms with Crippen LogP contribution in [0.1, 0.15) is 23.5 Å². The first kappa shape index (κ1) is 15.3. The van der Waals surface area contributed by atoms with Crippen LogP contribution in [0.3, 0.4) is 0 Å². The Labute approximate surface area is 129 Å². The van der Waals surface area contributed by atoms with Gasteiger partial charge >= 0.3 is 6.18 Å². The lowest BCUT2D eigenvalue weighted by Gasteiger charge is -2.12. The fourth-order valence-corrected chi connectivity index (χ4v) is 2.48. The van der Waals surface area contributed by atoms with E-state index >= 15 is 0 Å². The second kappa shape index (κ2) is 5.86. The molecule has 2 atom stereocenters. The SMILES string of the molecule is O=C(NNc1ncccn1)[C@H]1C[C@@H]1c1ccccc1C(F)(F)F. The minimum Gasteiger partial charge on any atom is -0.273 e. The molecule has 0 aliphatic heterocycles. The normalized spacial score (nSPS) is 20.0. The molecule has 120 valence electrons. The summed E-state index contributed by atoms with van der Waals surface area (Å²) in [5.41, 5.74) is 4.44. The number of carbonyl (C=O) groups is 1. The average molecular weight is 322 g/mol. The van der Waals surface area contributed by atoms with E-state index in [2.05, 4.69) is 20.8 Å². The first-order valence-electron chi connectivity index (χ1n) is 6.96. The van der Waals surface area contributed by atoms with Gasteiger partial charge in [0.05, 0.1) is 5.56 Å². The molecule has 1 aromatic carbocycles. The Morgan fingerprint density at radius 1 is 1.13 bits per heavy atom. The van der Waals surface area contributed by atoms with Crippen LogP contribution in [0.5, 0.6) is 0 Å². The molecule has 1 amide bonds. The molecule has 3 rings (SSSR count). The van der Waals surface area contributed by atoms with Gasteiger partial charge in [-0.15, -0.1) is 0 Å². The zero-order chi connectivity index (χ0) is 16.4. The third-order valence-corrected chi connectivity index (χ3v) is 3.66. The van der Waals surface area contributed by atoms with Gasteiger partial charge in [0, 0.05) is 18.3 Å². The van der Waals surface area contributed by atoms with Gasteiger partial charge in [-0.2, -0.15) is 13.2 Å². The summed E-state index contributed by atoms with van der Waals surface area (Å²) < 4.78 is 39.0. The molecule has 2 aromatic rings. The van der Waals surface area contributed by atoms with E-state index in [1.807, 2.05) is 0 Å². The lowest BCUT2D eigenvalue weighted by Crippen LogP contribution is -2.32. The number of nitrogens with one attached hydrogen (secondary N) is 2. The van der Waals surface area contributed by atoms with Gasteiger partial charge in [-0.1, -0.05) is 18.2 Å². The van der Waals surface area contributed by atoms with Gasteiger partial charge in [0.1, 0.15) is 0 Å². The van der Waals surface area contributed by atoms with Crippen LogP contribution in [-0.2, 0) is 11.0 Å². The van der Waals surface area contributed by atoms with Crippen LogP contribution in [-0.4, -0.2) is 15.9 Å². The highest BCUT2D eigenvalue weighted by molar-refractivity contribution is 5.83. The monoisotopic (exact) mass is 322 g/mol. The molecule has 1 aliphatic carbocycles. The van der Waals surface area contributed by atoms with Crippen molar-refractivity contribution in [1.29, 1.82) is 0 Å². The van der Waals surface area contributed by atoms with Crippen molar-refractivity contribution in [3.63, 3.8) is 0 Å². The molecule has 2 N–H and O–H groups in total. The maximum Gasteiger partial charge on any atom is 0.416 e. The van der Waals surface area contributed by atoms with Crippen LogP contribution >= 0.6 is 0 Å². The maximum absolute atomic E-state index is 13.0. The minimum atomic E-state index is -4.42. The van der Waals surface area contributed by atoms with Gasteiger partial charge in [-0.05, 0) is 30.0 Å². The van der Waals surface area contributed by atoms with Crippen molar-refractivity contribution in [2.75, 3.05) is 5.43 Å². The molecular formula is C15H13F3N4O. The number of nitrogens with zero attached hydrogens (tertiary/aromatic N) is 2. The third-order valence-electron chi connectivity index (χ3n) is 3.66. The lowest BCUT2D eigenvalue weighted by molar-refractivity contribution is -0.138.